The van der Waals surface area contributed by atoms with Crippen LogP contribution in [0.3, 0.4) is 0 Å². The molecule has 0 aromatic heterocycles. The Morgan fingerprint density at radius 1 is 0.895 bits per heavy atom. The monoisotopic (exact) mass is 272 g/mol. The minimum Gasteiger partial charge on any atom is -0.496 e. The van der Waals surface area contributed by atoms with E-state index in [2.05, 4.69) is 19.2 Å². The van der Waals surface area contributed by atoms with Crippen LogP contribution in [0.15, 0.2) is 36.4 Å². The van der Waals surface area contributed by atoms with Gasteiger partial charge in [-0.15, -0.1) is 0 Å². The molecule has 0 saturated heterocycles. The molecule has 0 N–H and O–H groups in total. The van der Waals surface area contributed by atoms with Crippen molar-refractivity contribution in [2.45, 2.75) is 0 Å². The molecule has 19 heavy (non-hydrogen) atoms. The fourth-order valence-corrected chi connectivity index (χ4v) is 3.20. The molecule has 3 heteroatoms. The second kappa shape index (κ2) is 5.90. The summed E-state index contributed by atoms with van der Waals surface area (Å²) < 4.78 is 10.8. The SMILES string of the molecule is C=c1ccc(Pc2ccccc2OC)c(OC)c1=C. The molecule has 98 valence electrons. The highest BCUT2D eigenvalue weighted by molar-refractivity contribution is 7.56. The molecule has 1 atom stereocenters. The van der Waals surface area contributed by atoms with Crippen LogP contribution in [0.25, 0.3) is 13.2 Å². The minimum absolute atomic E-state index is 0.463. The Morgan fingerprint density at radius 2 is 1.63 bits per heavy atom. The molecule has 0 spiro atoms. The number of rotatable bonds is 4. The number of benzene rings is 2. The maximum absolute atomic E-state index is 5.47. The molecule has 0 radical (unpaired) electrons. The molecule has 2 rings (SSSR count). The summed E-state index contributed by atoms with van der Waals surface area (Å²) in [6.45, 7) is 7.97. The van der Waals surface area contributed by atoms with Gasteiger partial charge in [0.05, 0.1) is 14.2 Å². The summed E-state index contributed by atoms with van der Waals surface area (Å²) in [5.74, 6) is 1.71. The average molecular weight is 272 g/mol. The summed E-state index contributed by atoms with van der Waals surface area (Å²) in [6.07, 6.45) is 0. The van der Waals surface area contributed by atoms with Gasteiger partial charge >= 0.3 is 0 Å². The van der Waals surface area contributed by atoms with E-state index in [1.165, 1.54) is 0 Å². The Balaban J connectivity index is 2.47. The van der Waals surface area contributed by atoms with E-state index in [1.807, 2.05) is 30.3 Å². The highest BCUT2D eigenvalue weighted by atomic mass is 31.1. The molecular formula is C16H17O2P. The summed E-state index contributed by atoms with van der Waals surface area (Å²) in [5, 5.41) is 4.01. The minimum atomic E-state index is 0.463. The van der Waals surface area contributed by atoms with E-state index >= 15 is 0 Å². The summed E-state index contributed by atoms with van der Waals surface area (Å²) in [6, 6.07) is 12.0. The molecule has 1 unspecified atom stereocenters. The van der Waals surface area contributed by atoms with Gasteiger partial charge in [-0.05, 0) is 11.3 Å². The molecule has 0 saturated carbocycles. The normalized spacial score (nSPS) is 10.8. The zero-order chi connectivity index (χ0) is 13.8. The Morgan fingerprint density at radius 3 is 2.32 bits per heavy atom. The zero-order valence-corrected chi connectivity index (χ0v) is 12.2. The summed E-state index contributed by atoms with van der Waals surface area (Å²) in [5.41, 5.74) is 0. The van der Waals surface area contributed by atoms with Gasteiger partial charge in [0.1, 0.15) is 11.5 Å². The van der Waals surface area contributed by atoms with Gasteiger partial charge in [0, 0.05) is 15.8 Å². The van der Waals surface area contributed by atoms with Crippen molar-refractivity contribution in [2.75, 3.05) is 14.2 Å². The van der Waals surface area contributed by atoms with Crippen LogP contribution >= 0.6 is 8.58 Å². The molecule has 2 aromatic rings. The Kier molecular flexibility index (Phi) is 4.24. The molecule has 0 bridgehead atoms. The summed E-state index contributed by atoms with van der Waals surface area (Å²) >= 11 is 0. The van der Waals surface area contributed by atoms with Crippen LogP contribution in [0.2, 0.25) is 0 Å². The van der Waals surface area contributed by atoms with E-state index in [0.29, 0.717) is 8.58 Å². The highest BCUT2D eigenvalue weighted by Crippen LogP contribution is 2.21. The fraction of sp³-hybridized carbons (Fsp3) is 0.125. The van der Waals surface area contributed by atoms with E-state index in [0.717, 1.165) is 32.5 Å². The smallest absolute Gasteiger partial charge is 0.133 e. The van der Waals surface area contributed by atoms with Crippen LogP contribution in [0.1, 0.15) is 0 Å². The molecule has 0 aliphatic rings. The van der Waals surface area contributed by atoms with Crippen LogP contribution in [0.5, 0.6) is 11.5 Å². The molecule has 0 aliphatic heterocycles. The third-order valence-electron chi connectivity index (χ3n) is 2.94. The lowest BCUT2D eigenvalue weighted by molar-refractivity contribution is 0.414. The van der Waals surface area contributed by atoms with Crippen LogP contribution in [0.4, 0.5) is 0 Å². The standard InChI is InChI=1S/C16H17O2P/c1-11-9-10-15(16(18-4)12(11)2)19-14-8-6-5-7-13(14)17-3/h5-10,19H,1-2H2,3-4H3. The van der Waals surface area contributed by atoms with Crippen molar-refractivity contribution in [1.82, 2.24) is 0 Å². The molecule has 0 heterocycles. The Labute approximate surface area is 115 Å². The van der Waals surface area contributed by atoms with Crippen LogP contribution < -0.4 is 30.5 Å². The molecule has 0 aliphatic carbocycles. The van der Waals surface area contributed by atoms with Crippen LogP contribution in [-0.4, -0.2) is 14.2 Å². The quantitative estimate of drug-likeness (QED) is 0.778. The average Bonchev–Trinajstić information content (AvgIpc) is 2.44. The largest absolute Gasteiger partial charge is 0.496 e. The van der Waals surface area contributed by atoms with Crippen molar-refractivity contribution < 1.29 is 9.47 Å². The van der Waals surface area contributed by atoms with Crippen LogP contribution in [0, 0.1) is 0 Å². The first-order valence-corrected chi connectivity index (χ1v) is 6.92. The molecular weight excluding hydrogens is 255 g/mol. The van der Waals surface area contributed by atoms with E-state index in [1.54, 1.807) is 14.2 Å². The van der Waals surface area contributed by atoms with Gasteiger partial charge in [-0.2, -0.15) is 0 Å². The Hall–Kier alpha value is -1.79. The summed E-state index contributed by atoms with van der Waals surface area (Å²) in [4.78, 5) is 0. The van der Waals surface area contributed by atoms with Crippen LogP contribution in [-0.2, 0) is 0 Å². The van der Waals surface area contributed by atoms with E-state index in [4.69, 9.17) is 9.47 Å². The first-order valence-electron chi connectivity index (χ1n) is 5.92. The topological polar surface area (TPSA) is 18.5 Å². The van der Waals surface area contributed by atoms with Crippen molar-refractivity contribution >= 4 is 32.3 Å². The van der Waals surface area contributed by atoms with Crippen molar-refractivity contribution in [1.29, 1.82) is 0 Å². The third kappa shape index (κ3) is 2.80. The lowest BCUT2D eigenvalue weighted by Gasteiger charge is -2.12. The fourth-order valence-electron chi connectivity index (χ4n) is 1.89. The number of para-hydroxylation sites is 1. The van der Waals surface area contributed by atoms with Crippen molar-refractivity contribution in [2.24, 2.45) is 0 Å². The zero-order valence-electron chi connectivity index (χ0n) is 11.2. The van der Waals surface area contributed by atoms with Crippen molar-refractivity contribution in [3.63, 3.8) is 0 Å². The van der Waals surface area contributed by atoms with Crippen molar-refractivity contribution in [3.8, 4) is 11.5 Å². The van der Waals surface area contributed by atoms with E-state index < -0.39 is 0 Å². The molecule has 0 fully saturated rings. The predicted octanol–water partition coefficient (Wildman–Crippen LogP) is 1.15. The number of hydrogen-bond donors (Lipinski definition) is 0. The summed E-state index contributed by atoms with van der Waals surface area (Å²) in [7, 11) is 3.82. The second-order valence-electron chi connectivity index (χ2n) is 4.11. The van der Waals surface area contributed by atoms with Crippen molar-refractivity contribution in [3.05, 3.63) is 46.8 Å². The molecule has 2 aromatic carbocycles. The van der Waals surface area contributed by atoms with E-state index in [9.17, 15) is 0 Å². The lowest BCUT2D eigenvalue weighted by Crippen LogP contribution is -2.28. The van der Waals surface area contributed by atoms with Gasteiger partial charge in [0.25, 0.3) is 0 Å². The molecule has 2 nitrogen and oxygen atoms in total. The Bertz CT molecular complexity index is 680. The molecule has 0 amide bonds. The van der Waals surface area contributed by atoms with Gasteiger partial charge in [0.2, 0.25) is 0 Å². The van der Waals surface area contributed by atoms with Gasteiger partial charge < -0.3 is 9.47 Å². The third-order valence-corrected chi connectivity index (χ3v) is 4.28. The first-order chi connectivity index (χ1) is 9.17. The van der Waals surface area contributed by atoms with Gasteiger partial charge in [-0.25, -0.2) is 0 Å². The number of ether oxygens (including phenoxy) is 2. The van der Waals surface area contributed by atoms with Gasteiger partial charge in [-0.3, -0.25) is 0 Å². The number of hydrogen-bond acceptors (Lipinski definition) is 2. The highest BCUT2D eigenvalue weighted by Gasteiger charge is 2.08. The lowest BCUT2D eigenvalue weighted by atomic mass is 10.2. The van der Waals surface area contributed by atoms with Gasteiger partial charge in [-0.1, -0.05) is 52.1 Å². The second-order valence-corrected chi connectivity index (χ2v) is 5.44. The maximum Gasteiger partial charge on any atom is 0.133 e. The number of methoxy groups -OCH3 is 2. The maximum atomic E-state index is 5.47. The van der Waals surface area contributed by atoms with E-state index in [-0.39, 0.29) is 0 Å². The predicted molar refractivity (Wildman–Crippen MR) is 83.9 cm³/mol. The van der Waals surface area contributed by atoms with Gasteiger partial charge in [0.15, 0.2) is 0 Å². The first kappa shape index (κ1) is 13.6.